The molecule has 2 rings (SSSR count). The third-order valence-corrected chi connectivity index (χ3v) is 3.09. The normalized spacial score (nSPS) is 52.3. The van der Waals surface area contributed by atoms with Gasteiger partial charge in [-0.15, -0.1) is 0 Å². The molecule has 0 aromatic rings. The Balaban J connectivity index is 2.24. The van der Waals surface area contributed by atoms with Crippen LogP contribution in [0.15, 0.2) is 0 Å². The van der Waals surface area contributed by atoms with Crippen LogP contribution >= 0.6 is 0 Å². The number of aliphatic hydroxyl groups excluding tert-OH is 2. The van der Waals surface area contributed by atoms with Crippen LogP contribution < -0.4 is 11.5 Å². The highest BCUT2D eigenvalue weighted by Crippen LogP contribution is 2.39. The lowest BCUT2D eigenvalue weighted by Crippen LogP contribution is -2.52. The van der Waals surface area contributed by atoms with Gasteiger partial charge in [0, 0.05) is 13.1 Å². The van der Waals surface area contributed by atoms with E-state index in [-0.39, 0.29) is 19.7 Å². The monoisotopic (exact) mass is 204 g/mol. The molecule has 2 heterocycles. The summed E-state index contributed by atoms with van der Waals surface area (Å²) >= 11 is 0. The fourth-order valence-electron chi connectivity index (χ4n) is 2.23. The largest absolute Gasteiger partial charge is 0.388 e. The molecule has 0 amide bonds. The van der Waals surface area contributed by atoms with E-state index in [1.807, 2.05) is 0 Å². The van der Waals surface area contributed by atoms with Crippen molar-refractivity contribution in [3.8, 4) is 0 Å². The molecule has 6 N–H and O–H groups in total. The van der Waals surface area contributed by atoms with E-state index >= 15 is 0 Å². The standard InChI is InChI=1S/C8H16N2O4/c9-1-4-6(12)7-8(3-10,14-4)5(11)2-13-7/h4-7,11-12H,1-3,9-10H2/t4?,5-,6+,7+,8?/m0/s1. The van der Waals surface area contributed by atoms with E-state index in [1.165, 1.54) is 0 Å². The summed E-state index contributed by atoms with van der Waals surface area (Å²) in [5.74, 6) is 0. The zero-order chi connectivity index (χ0) is 10.3. The van der Waals surface area contributed by atoms with Gasteiger partial charge in [0.15, 0.2) is 0 Å². The molecule has 0 radical (unpaired) electrons. The maximum absolute atomic E-state index is 9.78. The van der Waals surface area contributed by atoms with Crippen molar-refractivity contribution in [3.63, 3.8) is 0 Å². The predicted molar refractivity (Wildman–Crippen MR) is 47.5 cm³/mol. The van der Waals surface area contributed by atoms with Gasteiger partial charge in [0.25, 0.3) is 0 Å². The van der Waals surface area contributed by atoms with Gasteiger partial charge >= 0.3 is 0 Å². The zero-order valence-electron chi connectivity index (χ0n) is 7.80. The van der Waals surface area contributed by atoms with Crippen LogP contribution in [-0.4, -0.2) is 59.9 Å². The van der Waals surface area contributed by atoms with E-state index in [0.717, 1.165) is 0 Å². The summed E-state index contributed by atoms with van der Waals surface area (Å²) in [5, 5.41) is 19.5. The Bertz CT molecular complexity index is 227. The SMILES string of the molecule is NCC1OC2(CN)[C@H](OC[C@@H]2O)[C@@H]1O. The molecule has 0 aromatic heterocycles. The molecule has 0 aromatic carbocycles. The number of hydrogen-bond donors (Lipinski definition) is 4. The minimum atomic E-state index is -0.969. The van der Waals surface area contributed by atoms with Gasteiger partial charge in [-0.25, -0.2) is 0 Å². The first-order chi connectivity index (χ1) is 6.65. The van der Waals surface area contributed by atoms with Gasteiger partial charge in [0.2, 0.25) is 0 Å². The molecule has 0 saturated carbocycles. The fourth-order valence-corrected chi connectivity index (χ4v) is 2.23. The zero-order valence-corrected chi connectivity index (χ0v) is 7.80. The molecule has 0 aliphatic carbocycles. The van der Waals surface area contributed by atoms with Gasteiger partial charge < -0.3 is 31.2 Å². The van der Waals surface area contributed by atoms with Gasteiger partial charge in [-0.2, -0.15) is 0 Å². The Morgan fingerprint density at radius 2 is 2.07 bits per heavy atom. The molecular formula is C8H16N2O4. The maximum Gasteiger partial charge on any atom is 0.137 e. The van der Waals surface area contributed by atoms with Crippen molar-refractivity contribution in [2.24, 2.45) is 11.5 Å². The Labute approximate surface area is 81.8 Å². The fraction of sp³-hybridized carbons (Fsp3) is 1.00. The first-order valence-corrected chi connectivity index (χ1v) is 4.71. The van der Waals surface area contributed by atoms with Crippen LogP contribution in [-0.2, 0) is 9.47 Å². The van der Waals surface area contributed by atoms with Crippen LogP contribution in [0.25, 0.3) is 0 Å². The van der Waals surface area contributed by atoms with Crippen molar-refractivity contribution in [3.05, 3.63) is 0 Å². The van der Waals surface area contributed by atoms with E-state index in [1.54, 1.807) is 0 Å². The number of nitrogens with two attached hydrogens (primary N) is 2. The predicted octanol–water partition coefficient (Wildman–Crippen LogP) is -2.84. The van der Waals surface area contributed by atoms with Crippen LogP contribution in [0.5, 0.6) is 0 Å². The van der Waals surface area contributed by atoms with E-state index < -0.39 is 30.0 Å². The van der Waals surface area contributed by atoms with E-state index in [9.17, 15) is 10.2 Å². The van der Waals surface area contributed by atoms with Gasteiger partial charge in [-0.3, -0.25) is 0 Å². The topological polar surface area (TPSA) is 111 Å². The lowest BCUT2D eigenvalue weighted by molar-refractivity contribution is -0.0971. The molecule has 2 saturated heterocycles. The second-order valence-electron chi connectivity index (χ2n) is 3.81. The lowest BCUT2D eigenvalue weighted by atomic mass is 9.92. The highest BCUT2D eigenvalue weighted by molar-refractivity contribution is 5.11. The summed E-state index contributed by atoms with van der Waals surface area (Å²) in [7, 11) is 0. The van der Waals surface area contributed by atoms with Crippen LogP contribution in [0.4, 0.5) is 0 Å². The van der Waals surface area contributed by atoms with Crippen molar-refractivity contribution in [2.45, 2.75) is 30.0 Å². The van der Waals surface area contributed by atoms with Crippen molar-refractivity contribution in [1.82, 2.24) is 0 Å². The number of fused-ring (bicyclic) bond motifs is 1. The Hall–Kier alpha value is -0.240. The first kappa shape index (κ1) is 10.3. The van der Waals surface area contributed by atoms with E-state index in [0.29, 0.717) is 0 Å². The maximum atomic E-state index is 9.78. The molecule has 5 atom stereocenters. The third-order valence-electron chi connectivity index (χ3n) is 3.09. The summed E-state index contributed by atoms with van der Waals surface area (Å²) in [5.41, 5.74) is 10.0. The Kier molecular flexibility index (Phi) is 2.50. The minimum absolute atomic E-state index is 0.117. The smallest absolute Gasteiger partial charge is 0.137 e. The molecule has 82 valence electrons. The molecule has 14 heavy (non-hydrogen) atoms. The van der Waals surface area contributed by atoms with Crippen molar-refractivity contribution in [1.29, 1.82) is 0 Å². The quantitative estimate of drug-likeness (QED) is 0.385. The molecule has 6 heteroatoms. The van der Waals surface area contributed by atoms with Crippen LogP contribution in [0.3, 0.4) is 0 Å². The molecule has 6 nitrogen and oxygen atoms in total. The Morgan fingerprint density at radius 3 is 2.57 bits per heavy atom. The van der Waals surface area contributed by atoms with Crippen LogP contribution in [0.1, 0.15) is 0 Å². The number of hydrogen-bond acceptors (Lipinski definition) is 6. The van der Waals surface area contributed by atoms with Gasteiger partial charge in [0.05, 0.1) is 12.7 Å². The summed E-state index contributed by atoms with van der Waals surface area (Å²) in [6.45, 7) is 0.456. The van der Waals surface area contributed by atoms with Gasteiger partial charge in [-0.05, 0) is 0 Å². The molecule has 2 aliphatic heterocycles. The second kappa shape index (κ2) is 3.41. The highest BCUT2D eigenvalue weighted by atomic mass is 16.6. The molecule has 2 fully saturated rings. The number of aliphatic hydroxyl groups is 2. The van der Waals surface area contributed by atoms with Gasteiger partial charge in [-0.1, -0.05) is 0 Å². The van der Waals surface area contributed by atoms with Crippen molar-refractivity contribution < 1.29 is 19.7 Å². The lowest BCUT2D eigenvalue weighted by Gasteiger charge is -2.28. The summed E-state index contributed by atoms with van der Waals surface area (Å²) < 4.78 is 10.8. The summed E-state index contributed by atoms with van der Waals surface area (Å²) in [4.78, 5) is 0. The van der Waals surface area contributed by atoms with Crippen molar-refractivity contribution in [2.75, 3.05) is 19.7 Å². The van der Waals surface area contributed by atoms with Crippen LogP contribution in [0.2, 0.25) is 0 Å². The second-order valence-corrected chi connectivity index (χ2v) is 3.81. The molecule has 0 bridgehead atoms. The van der Waals surface area contributed by atoms with E-state index in [2.05, 4.69) is 0 Å². The number of rotatable bonds is 2. The summed E-state index contributed by atoms with van der Waals surface area (Å²) in [6.07, 6.45) is -2.65. The summed E-state index contributed by atoms with van der Waals surface area (Å²) in [6, 6.07) is 0. The average molecular weight is 204 g/mol. The minimum Gasteiger partial charge on any atom is -0.388 e. The average Bonchev–Trinajstić information content (AvgIpc) is 2.65. The molecule has 2 unspecified atom stereocenters. The molecule has 0 spiro atoms. The molecule has 2 aliphatic rings. The first-order valence-electron chi connectivity index (χ1n) is 4.71. The van der Waals surface area contributed by atoms with E-state index in [4.69, 9.17) is 20.9 Å². The van der Waals surface area contributed by atoms with Crippen molar-refractivity contribution >= 4 is 0 Å². The highest BCUT2D eigenvalue weighted by Gasteiger charge is 2.61. The van der Waals surface area contributed by atoms with Crippen LogP contribution in [0, 0.1) is 0 Å². The third kappa shape index (κ3) is 1.13. The Morgan fingerprint density at radius 1 is 1.36 bits per heavy atom. The number of ether oxygens (including phenoxy) is 2. The van der Waals surface area contributed by atoms with Gasteiger partial charge in [0.1, 0.15) is 23.9 Å². The molecular weight excluding hydrogens is 188 g/mol.